The number of benzene rings is 1. The first-order chi connectivity index (χ1) is 14.9. The zero-order valence-corrected chi connectivity index (χ0v) is 17.5. The number of hydrogen-bond acceptors (Lipinski definition) is 6. The molecule has 4 rings (SSSR count). The van der Waals surface area contributed by atoms with Gasteiger partial charge in [-0.05, 0) is 38.5 Å². The smallest absolute Gasteiger partial charge is 0.259 e. The maximum atomic E-state index is 12.9. The highest BCUT2D eigenvalue weighted by molar-refractivity contribution is 6.07. The van der Waals surface area contributed by atoms with Crippen LogP contribution in [0.5, 0.6) is 0 Å². The lowest BCUT2D eigenvalue weighted by Gasteiger charge is -2.09. The van der Waals surface area contributed by atoms with Gasteiger partial charge in [-0.2, -0.15) is 0 Å². The van der Waals surface area contributed by atoms with E-state index in [4.69, 9.17) is 8.94 Å². The molecule has 0 aliphatic carbocycles. The molecule has 0 aliphatic rings. The largest absolute Gasteiger partial charge is 0.466 e. The summed E-state index contributed by atoms with van der Waals surface area (Å²) in [5, 5.41) is 9.92. The Kier molecular flexibility index (Phi) is 5.53. The molecule has 0 bridgehead atoms. The Morgan fingerprint density at radius 2 is 1.81 bits per heavy atom. The Labute approximate surface area is 178 Å². The summed E-state index contributed by atoms with van der Waals surface area (Å²) in [4.78, 5) is 29.6. The molecule has 8 nitrogen and oxygen atoms in total. The molecule has 8 heteroatoms. The summed E-state index contributed by atoms with van der Waals surface area (Å²) in [7, 11) is 0. The Morgan fingerprint density at radius 3 is 2.52 bits per heavy atom. The molecule has 2 N–H and O–H groups in total. The van der Waals surface area contributed by atoms with E-state index in [0.717, 1.165) is 16.9 Å². The van der Waals surface area contributed by atoms with Crippen molar-refractivity contribution in [3.05, 3.63) is 70.8 Å². The highest BCUT2D eigenvalue weighted by Crippen LogP contribution is 2.30. The molecule has 0 fully saturated rings. The summed E-state index contributed by atoms with van der Waals surface area (Å²) < 4.78 is 10.9. The van der Waals surface area contributed by atoms with E-state index in [0.29, 0.717) is 34.6 Å². The zero-order chi connectivity index (χ0) is 22.0. The number of nitrogens with one attached hydrogen (secondary N) is 2. The van der Waals surface area contributed by atoms with E-state index in [2.05, 4.69) is 20.8 Å². The van der Waals surface area contributed by atoms with Gasteiger partial charge in [0, 0.05) is 12.1 Å². The number of furan rings is 1. The predicted octanol–water partition coefficient (Wildman–Crippen LogP) is 3.45. The second-order valence-electron chi connectivity index (χ2n) is 7.28. The number of rotatable bonds is 6. The molecule has 31 heavy (non-hydrogen) atoms. The summed E-state index contributed by atoms with van der Waals surface area (Å²) >= 11 is 0. The van der Waals surface area contributed by atoms with Crippen LogP contribution in [-0.4, -0.2) is 28.5 Å². The lowest BCUT2D eigenvalue weighted by molar-refractivity contribution is -0.120. The minimum absolute atomic E-state index is 0.154. The van der Waals surface area contributed by atoms with Gasteiger partial charge in [0.05, 0.1) is 28.9 Å². The third-order valence-corrected chi connectivity index (χ3v) is 4.92. The highest BCUT2D eigenvalue weighted by atomic mass is 16.5. The average molecular weight is 418 g/mol. The number of nitrogens with zero attached hydrogens (tertiary/aromatic N) is 2. The molecule has 4 aromatic rings. The molecule has 0 saturated carbocycles. The van der Waals surface area contributed by atoms with Crippen molar-refractivity contribution >= 4 is 22.9 Å². The summed E-state index contributed by atoms with van der Waals surface area (Å²) in [5.41, 5.74) is 3.43. The van der Waals surface area contributed by atoms with Gasteiger partial charge in [-0.1, -0.05) is 35.5 Å². The van der Waals surface area contributed by atoms with Crippen molar-refractivity contribution in [3.8, 4) is 11.3 Å². The molecule has 0 aliphatic heterocycles. The maximum Gasteiger partial charge on any atom is 0.259 e. The van der Waals surface area contributed by atoms with Crippen molar-refractivity contribution < 1.29 is 18.5 Å². The number of carbonyl (C=O) groups excluding carboxylic acids is 2. The van der Waals surface area contributed by atoms with Crippen molar-refractivity contribution in [3.63, 3.8) is 0 Å². The van der Waals surface area contributed by atoms with E-state index >= 15 is 0 Å². The standard InChI is InChI=1S/C23H22N4O4/c1-13-9-17(15(3)30-13)19-10-18(21-14(2)27-31-23(21)26-19)22(29)25-12-20(28)24-11-16-7-5-4-6-8-16/h4-10H,11-12H2,1-3H3,(H,24,28)(H,25,29). The summed E-state index contributed by atoms with van der Waals surface area (Å²) in [6.45, 7) is 5.65. The Bertz CT molecular complexity index is 1260. The average Bonchev–Trinajstić information content (AvgIpc) is 3.31. The second kappa shape index (κ2) is 8.43. The lowest BCUT2D eigenvalue weighted by atomic mass is 10.1. The molecule has 2 amide bonds. The van der Waals surface area contributed by atoms with E-state index < -0.39 is 5.91 Å². The monoisotopic (exact) mass is 418 g/mol. The number of carbonyl (C=O) groups is 2. The van der Waals surface area contributed by atoms with Crippen LogP contribution in [-0.2, 0) is 11.3 Å². The fourth-order valence-corrected chi connectivity index (χ4v) is 3.41. The SMILES string of the molecule is Cc1cc(-c2cc(C(=O)NCC(=O)NCc3ccccc3)c3c(C)noc3n2)c(C)o1. The fraction of sp³-hybridized carbons (Fsp3) is 0.217. The fourth-order valence-electron chi connectivity index (χ4n) is 3.41. The van der Waals surface area contributed by atoms with Crippen molar-refractivity contribution in [2.45, 2.75) is 27.3 Å². The number of amides is 2. The van der Waals surface area contributed by atoms with E-state index in [1.807, 2.05) is 50.2 Å². The normalized spacial score (nSPS) is 10.9. The Balaban J connectivity index is 1.53. The van der Waals surface area contributed by atoms with Gasteiger partial charge in [-0.3, -0.25) is 9.59 Å². The van der Waals surface area contributed by atoms with Gasteiger partial charge in [0.1, 0.15) is 11.5 Å². The molecule has 0 spiro atoms. The number of aromatic nitrogens is 2. The van der Waals surface area contributed by atoms with E-state index in [9.17, 15) is 9.59 Å². The molecule has 3 heterocycles. The van der Waals surface area contributed by atoms with Crippen LogP contribution in [0.3, 0.4) is 0 Å². The van der Waals surface area contributed by atoms with Gasteiger partial charge in [-0.15, -0.1) is 0 Å². The first-order valence-electron chi connectivity index (χ1n) is 9.85. The van der Waals surface area contributed by atoms with Crippen LogP contribution in [0.15, 0.2) is 51.4 Å². The molecular formula is C23H22N4O4. The van der Waals surface area contributed by atoms with Crippen LogP contribution in [0.4, 0.5) is 0 Å². The molecule has 3 aromatic heterocycles. The van der Waals surface area contributed by atoms with Crippen molar-refractivity contribution in [1.29, 1.82) is 0 Å². The minimum Gasteiger partial charge on any atom is -0.466 e. The van der Waals surface area contributed by atoms with Crippen LogP contribution >= 0.6 is 0 Å². The highest BCUT2D eigenvalue weighted by Gasteiger charge is 2.21. The van der Waals surface area contributed by atoms with Crippen LogP contribution in [0.25, 0.3) is 22.4 Å². The first kappa shape index (κ1) is 20.3. The topological polar surface area (TPSA) is 110 Å². The van der Waals surface area contributed by atoms with E-state index in [1.165, 1.54) is 0 Å². The van der Waals surface area contributed by atoms with Gasteiger partial charge in [0.15, 0.2) is 0 Å². The molecule has 1 aromatic carbocycles. The number of aryl methyl sites for hydroxylation is 3. The predicted molar refractivity (Wildman–Crippen MR) is 114 cm³/mol. The third kappa shape index (κ3) is 4.32. The van der Waals surface area contributed by atoms with Crippen LogP contribution in [0.1, 0.15) is 33.1 Å². The summed E-state index contributed by atoms with van der Waals surface area (Å²) in [6.07, 6.45) is 0. The van der Waals surface area contributed by atoms with Gasteiger partial charge in [0.2, 0.25) is 5.91 Å². The minimum atomic E-state index is -0.410. The van der Waals surface area contributed by atoms with Crippen LogP contribution in [0.2, 0.25) is 0 Å². The third-order valence-electron chi connectivity index (χ3n) is 4.92. The van der Waals surface area contributed by atoms with Crippen LogP contribution in [0, 0.1) is 20.8 Å². The van der Waals surface area contributed by atoms with Gasteiger partial charge < -0.3 is 19.6 Å². The summed E-state index contributed by atoms with van der Waals surface area (Å²) in [6, 6.07) is 13.1. The molecule has 0 atom stereocenters. The number of pyridine rings is 1. The lowest BCUT2D eigenvalue weighted by Crippen LogP contribution is -2.36. The van der Waals surface area contributed by atoms with E-state index in [1.54, 1.807) is 13.0 Å². The Morgan fingerprint density at radius 1 is 1.03 bits per heavy atom. The molecule has 158 valence electrons. The van der Waals surface area contributed by atoms with E-state index in [-0.39, 0.29) is 18.2 Å². The van der Waals surface area contributed by atoms with Gasteiger partial charge in [0.25, 0.3) is 11.6 Å². The van der Waals surface area contributed by atoms with Crippen molar-refractivity contribution in [2.24, 2.45) is 0 Å². The quantitative estimate of drug-likeness (QED) is 0.496. The second-order valence-corrected chi connectivity index (χ2v) is 7.28. The van der Waals surface area contributed by atoms with Crippen molar-refractivity contribution in [1.82, 2.24) is 20.8 Å². The number of fused-ring (bicyclic) bond motifs is 1. The van der Waals surface area contributed by atoms with Gasteiger partial charge >= 0.3 is 0 Å². The molecule has 0 unspecified atom stereocenters. The number of hydrogen-bond donors (Lipinski definition) is 2. The molecule has 0 radical (unpaired) electrons. The zero-order valence-electron chi connectivity index (χ0n) is 17.5. The van der Waals surface area contributed by atoms with Crippen molar-refractivity contribution in [2.75, 3.05) is 6.54 Å². The summed E-state index contributed by atoms with van der Waals surface area (Å²) in [5.74, 6) is 0.732. The first-order valence-corrected chi connectivity index (χ1v) is 9.85. The molecule has 0 saturated heterocycles. The maximum absolute atomic E-state index is 12.9. The van der Waals surface area contributed by atoms with Crippen LogP contribution < -0.4 is 10.6 Å². The molecular weight excluding hydrogens is 396 g/mol. The van der Waals surface area contributed by atoms with Gasteiger partial charge in [-0.25, -0.2) is 4.98 Å². The Hall–Kier alpha value is -3.94.